The van der Waals surface area contributed by atoms with Crippen LogP contribution in [0.2, 0.25) is 0 Å². The van der Waals surface area contributed by atoms with Gasteiger partial charge in [0.15, 0.2) is 17.5 Å². The van der Waals surface area contributed by atoms with Gasteiger partial charge in [0.2, 0.25) is 16.0 Å². The molecule has 0 bridgehead atoms. The summed E-state index contributed by atoms with van der Waals surface area (Å²) in [6.45, 7) is 1.23. The van der Waals surface area contributed by atoms with Crippen LogP contribution in [0, 0.1) is 17.5 Å². The van der Waals surface area contributed by atoms with E-state index in [-0.39, 0.29) is 48.2 Å². The van der Waals surface area contributed by atoms with Gasteiger partial charge in [0, 0.05) is 49.3 Å². The number of fused-ring (bicyclic) bond motifs is 1. The molecule has 0 amide bonds. The zero-order chi connectivity index (χ0) is 31.0. The fourth-order valence-corrected chi connectivity index (χ4v) is 6.70. The molecule has 0 saturated carbocycles. The quantitative estimate of drug-likeness (QED) is 0.197. The van der Waals surface area contributed by atoms with Gasteiger partial charge in [-0.05, 0) is 24.1 Å². The highest BCUT2D eigenvalue weighted by Crippen LogP contribution is 2.33. The van der Waals surface area contributed by atoms with Gasteiger partial charge in [-0.3, -0.25) is 14.1 Å². The van der Waals surface area contributed by atoms with Crippen molar-refractivity contribution in [3.8, 4) is 11.1 Å². The number of hydrogen-bond donors (Lipinski definition) is 3. The van der Waals surface area contributed by atoms with Crippen molar-refractivity contribution in [3.63, 3.8) is 0 Å². The number of nitrogens with one attached hydrogen (secondary N) is 3. The molecular weight excluding hydrogens is 604 g/mol. The summed E-state index contributed by atoms with van der Waals surface area (Å²) in [7, 11) is -4.32. The summed E-state index contributed by atoms with van der Waals surface area (Å²) in [5.41, 5.74) is -2.52. The average Bonchev–Trinajstić information content (AvgIpc) is 3.52. The predicted molar refractivity (Wildman–Crippen MR) is 156 cm³/mol. The number of benzene rings is 2. The minimum Gasteiger partial charge on any atom is -0.379 e. The van der Waals surface area contributed by atoms with E-state index >= 15 is 13.2 Å². The smallest absolute Gasteiger partial charge is 0.260 e. The molecule has 6 rings (SSSR count). The molecule has 3 atom stereocenters. The Labute approximate surface area is 249 Å². The van der Waals surface area contributed by atoms with Gasteiger partial charge in [-0.2, -0.15) is 4.98 Å². The normalized spacial score (nSPS) is 20.6. The summed E-state index contributed by atoms with van der Waals surface area (Å²) in [5, 5.41) is 6.31. The molecule has 1 unspecified atom stereocenters. The number of aromatic nitrogens is 3. The Morgan fingerprint density at radius 2 is 1.86 bits per heavy atom. The highest BCUT2D eigenvalue weighted by atomic mass is 32.2. The van der Waals surface area contributed by atoms with Crippen molar-refractivity contribution in [2.75, 3.05) is 36.3 Å². The van der Waals surface area contributed by atoms with Gasteiger partial charge >= 0.3 is 0 Å². The van der Waals surface area contributed by atoms with Crippen LogP contribution >= 0.6 is 0 Å². The number of halogens is 4. The summed E-state index contributed by atoms with van der Waals surface area (Å²) >= 11 is 0. The zero-order valence-electron chi connectivity index (χ0n) is 23.2. The van der Waals surface area contributed by atoms with Crippen molar-refractivity contribution < 1.29 is 30.7 Å². The molecule has 2 aliphatic heterocycles. The van der Waals surface area contributed by atoms with E-state index in [0.29, 0.717) is 31.2 Å². The Balaban J connectivity index is 1.39. The van der Waals surface area contributed by atoms with Crippen molar-refractivity contribution >= 4 is 32.7 Å². The van der Waals surface area contributed by atoms with Crippen molar-refractivity contribution in [1.29, 1.82) is 0 Å². The summed E-state index contributed by atoms with van der Waals surface area (Å²) in [6.07, 6.45) is 0.999. The summed E-state index contributed by atoms with van der Waals surface area (Å²) in [4.78, 5) is 22.6. The minimum atomic E-state index is -4.32. The minimum absolute atomic E-state index is 0.147. The van der Waals surface area contributed by atoms with Gasteiger partial charge in [-0.1, -0.05) is 30.3 Å². The van der Waals surface area contributed by atoms with Crippen molar-refractivity contribution in [1.82, 2.24) is 19.9 Å². The van der Waals surface area contributed by atoms with E-state index in [1.807, 2.05) is 0 Å². The van der Waals surface area contributed by atoms with Gasteiger partial charge in [0.25, 0.3) is 5.56 Å². The van der Waals surface area contributed by atoms with Gasteiger partial charge in [0.1, 0.15) is 17.5 Å². The van der Waals surface area contributed by atoms with Crippen LogP contribution in [0.4, 0.5) is 29.2 Å². The fourth-order valence-electron chi connectivity index (χ4n) is 5.50. The molecule has 15 heteroatoms. The van der Waals surface area contributed by atoms with Crippen LogP contribution in [0.15, 0.2) is 53.5 Å². The van der Waals surface area contributed by atoms with Crippen molar-refractivity contribution in [3.05, 3.63) is 82.0 Å². The first-order chi connectivity index (χ1) is 21.1. The topological polar surface area (TPSA) is 127 Å². The number of hydrogen-bond acceptors (Lipinski definition) is 8. The molecule has 3 N–H and O–H groups in total. The Morgan fingerprint density at radius 1 is 1.07 bits per heavy atom. The molecular formula is C29H28F4N6O4S. The SMILES string of the molecule is O=c1c(-c2cc(F)c(NS(=O)(=O)Cc3ccccc3)c(F)c2F)cc2cnc(N[C@@H]3CNC[C@@H](F)C3)nc2n1C1CCOC1. The number of alkyl halides is 1. The number of piperidine rings is 1. The van der Waals surface area contributed by atoms with Crippen LogP contribution in [0.25, 0.3) is 22.2 Å². The number of ether oxygens (including phenoxy) is 1. The van der Waals surface area contributed by atoms with Gasteiger partial charge < -0.3 is 15.4 Å². The second-order valence-electron chi connectivity index (χ2n) is 10.8. The van der Waals surface area contributed by atoms with Crippen molar-refractivity contribution in [2.24, 2.45) is 0 Å². The molecule has 4 heterocycles. The number of sulfonamides is 1. The number of anilines is 2. The number of pyridine rings is 1. The lowest BCUT2D eigenvalue weighted by Crippen LogP contribution is -2.44. The van der Waals surface area contributed by atoms with E-state index in [1.165, 1.54) is 29.0 Å². The van der Waals surface area contributed by atoms with E-state index in [1.54, 1.807) is 22.9 Å². The second kappa shape index (κ2) is 12.1. The molecule has 44 heavy (non-hydrogen) atoms. The molecule has 4 aromatic rings. The van der Waals surface area contributed by atoms with Crippen LogP contribution in [0.1, 0.15) is 24.4 Å². The molecule has 0 radical (unpaired) electrons. The second-order valence-corrected chi connectivity index (χ2v) is 12.5. The molecule has 2 aromatic heterocycles. The maximum atomic E-state index is 15.5. The third kappa shape index (κ3) is 6.12. The first kappa shape index (κ1) is 30.0. The van der Waals surface area contributed by atoms with E-state index in [0.717, 1.165) is 0 Å². The lowest BCUT2D eigenvalue weighted by molar-refractivity contribution is 0.186. The number of rotatable bonds is 8. The van der Waals surface area contributed by atoms with Gasteiger partial charge in [0.05, 0.1) is 24.0 Å². The lowest BCUT2D eigenvalue weighted by atomic mass is 10.0. The molecule has 0 spiro atoms. The molecule has 2 saturated heterocycles. The third-order valence-corrected chi connectivity index (χ3v) is 8.81. The summed E-state index contributed by atoms with van der Waals surface area (Å²) < 4.78 is 93.8. The highest BCUT2D eigenvalue weighted by Gasteiger charge is 2.29. The van der Waals surface area contributed by atoms with Crippen LogP contribution in [0.3, 0.4) is 0 Å². The zero-order valence-corrected chi connectivity index (χ0v) is 24.0. The Kier molecular flexibility index (Phi) is 8.26. The molecule has 0 aliphatic carbocycles. The van der Waals surface area contributed by atoms with Gasteiger partial charge in [-0.15, -0.1) is 0 Å². The molecule has 2 aromatic carbocycles. The van der Waals surface area contributed by atoms with E-state index in [9.17, 15) is 17.6 Å². The average molecular weight is 633 g/mol. The Morgan fingerprint density at radius 3 is 2.59 bits per heavy atom. The molecule has 232 valence electrons. The summed E-state index contributed by atoms with van der Waals surface area (Å²) in [6, 6.07) is 8.92. The Hall–Kier alpha value is -4.08. The molecule has 10 nitrogen and oxygen atoms in total. The van der Waals surface area contributed by atoms with Crippen LogP contribution in [-0.2, 0) is 20.5 Å². The maximum Gasteiger partial charge on any atom is 0.260 e. The first-order valence-electron chi connectivity index (χ1n) is 13.9. The van der Waals surface area contributed by atoms with Crippen LogP contribution in [-0.4, -0.2) is 61.5 Å². The third-order valence-electron chi connectivity index (χ3n) is 7.58. The Bertz CT molecular complexity index is 1870. The van der Waals surface area contributed by atoms with E-state index in [2.05, 4.69) is 20.6 Å². The fraction of sp³-hybridized carbons (Fsp3) is 0.345. The molecule has 2 fully saturated rings. The number of nitrogens with zero attached hydrogens (tertiary/aromatic N) is 3. The highest BCUT2D eigenvalue weighted by molar-refractivity contribution is 7.91. The lowest BCUT2D eigenvalue weighted by Gasteiger charge is -2.26. The standard InChI is InChI=1S/C29H28F4N6O4S/c30-18-9-19(13-34-12-18)36-29-35-11-17-8-22(28(40)39(27(17)37-29)20-6-7-43-14-20)21-10-23(31)26(25(33)24(21)32)38-44(41,42)15-16-4-2-1-3-5-16/h1-5,8,10-11,18-20,34,38H,6-7,9,12-15H2,(H,35,36,37)/t18-,19-,20?/m0/s1. The van der Waals surface area contributed by atoms with Crippen LogP contribution in [0.5, 0.6) is 0 Å². The van der Waals surface area contributed by atoms with Crippen molar-refractivity contribution in [2.45, 2.75) is 36.8 Å². The molecule has 2 aliphatic rings. The maximum absolute atomic E-state index is 15.5. The van der Waals surface area contributed by atoms with Gasteiger partial charge in [-0.25, -0.2) is 31.0 Å². The monoisotopic (exact) mass is 632 g/mol. The first-order valence-corrected chi connectivity index (χ1v) is 15.6. The van der Waals surface area contributed by atoms with E-state index < -0.39 is 62.3 Å². The largest absolute Gasteiger partial charge is 0.379 e. The van der Waals surface area contributed by atoms with Crippen LogP contribution < -0.4 is 20.9 Å². The predicted octanol–water partition coefficient (Wildman–Crippen LogP) is 3.89. The van der Waals surface area contributed by atoms with E-state index in [4.69, 9.17) is 4.74 Å². The summed E-state index contributed by atoms with van der Waals surface area (Å²) in [5.74, 6) is -5.27.